The van der Waals surface area contributed by atoms with Gasteiger partial charge in [-0.15, -0.1) is 13.2 Å². The molecule has 0 saturated heterocycles. The lowest BCUT2D eigenvalue weighted by Crippen LogP contribution is -2.17. The minimum atomic E-state index is -4.81. The van der Waals surface area contributed by atoms with E-state index in [1.165, 1.54) is 19.2 Å². The normalized spacial score (nSPS) is 16.4. The minimum absolute atomic E-state index is 0.0211. The number of nitrogens with zero attached hydrogens (tertiary/aromatic N) is 3. The van der Waals surface area contributed by atoms with Crippen molar-refractivity contribution in [2.24, 2.45) is 0 Å². The number of pyridine rings is 1. The molecule has 0 aliphatic carbocycles. The number of aromatic nitrogens is 3. The third kappa shape index (κ3) is 4.57. The van der Waals surface area contributed by atoms with Crippen LogP contribution in [0.1, 0.15) is 24.0 Å². The highest BCUT2D eigenvalue weighted by atomic mass is 19.4. The zero-order valence-corrected chi connectivity index (χ0v) is 18.3. The van der Waals surface area contributed by atoms with E-state index in [1.54, 1.807) is 6.07 Å². The van der Waals surface area contributed by atoms with Crippen LogP contribution in [0.15, 0.2) is 30.3 Å². The van der Waals surface area contributed by atoms with Crippen molar-refractivity contribution in [1.29, 1.82) is 0 Å². The molecule has 1 atom stereocenters. The third-order valence-electron chi connectivity index (χ3n) is 5.26. The first-order valence-corrected chi connectivity index (χ1v) is 10.3. The molecule has 3 heterocycles. The maximum atomic E-state index is 12.7. The van der Waals surface area contributed by atoms with Gasteiger partial charge in [0.25, 0.3) is 0 Å². The number of aryl methyl sites for hydroxylation is 2. The molecule has 1 aliphatic heterocycles. The van der Waals surface area contributed by atoms with E-state index in [1.807, 2.05) is 32.9 Å². The fourth-order valence-corrected chi connectivity index (χ4v) is 4.04. The number of alkyl halides is 3. The monoisotopic (exact) mass is 447 g/mol. The summed E-state index contributed by atoms with van der Waals surface area (Å²) in [4.78, 5) is 9.38. The molecular weight excluding hydrogens is 423 g/mol. The van der Waals surface area contributed by atoms with E-state index in [4.69, 9.17) is 14.5 Å². The Labute approximate surface area is 184 Å². The number of halogens is 3. The topological polar surface area (TPSA) is 58.4 Å². The van der Waals surface area contributed by atoms with Crippen molar-refractivity contribution in [3.63, 3.8) is 0 Å². The van der Waals surface area contributed by atoms with Crippen molar-refractivity contribution >= 4 is 0 Å². The Hall–Kier alpha value is -3.07. The van der Waals surface area contributed by atoms with Gasteiger partial charge >= 0.3 is 6.36 Å². The predicted octanol–water partition coefficient (Wildman–Crippen LogP) is 5.10. The van der Waals surface area contributed by atoms with Gasteiger partial charge in [0.05, 0.1) is 32.1 Å². The summed E-state index contributed by atoms with van der Waals surface area (Å²) in [6, 6.07) is 8.29. The summed E-state index contributed by atoms with van der Waals surface area (Å²) in [6.45, 7) is 6.98. The first-order valence-electron chi connectivity index (χ1n) is 10.3. The molecule has 0 N–H and O–H groups in total. The van der Waals surface area contributed by atoms with E-state index < -0.39 is 12.1 Å². The second-order valence-electron chi connectivity index (χ2n) is 7.82. The van der Waals surface area contributed by atoms with Crippen LogP contribution in [-0.4, -0.2) is 40.7 Å². The van der Waals surface area contributed by atoms with Gasteiger partial charge < -0.3 is 18.8 Å². The summed E-state index contributed by atoms with van der Waals surface area (Å²) >= 11 is 0. The smallest absolute Gasteiger partial charge is 0.493 e. The van der Waals surface area contributed by atoms with E-state index in [2.05, 4.69) is 14.3 Å². The Balaban J connectivity index is 1.87. The first kappa shape index (κ1) is 22.1. The molecule has 1 aromatic carbocycles. The largest absolute Gasteiger partial charge is 0.573 e. The molecule has 3 aromatic rings. The van der Waals surface area contributed by atoms with Gasteiger partial charge in [-0.25, -0.2) is 4.98 Å². The summed E-state index contributed by atoms with van der Waals surface area (Å²) in [5.74, 6) is 0.215. The van der Waals surface area contributed by atoms with Gasteiger partial charge in [-0.3, -0.25) is 4.98 Å². The molecule has 170 valence electrons. The van der Waals surface area contributed by atoms with Gasteiger partial charge in [0.1, 0.15) is 5.82 Å². The molecule has 0 spiro atoms. The van der Waals surface area contributed by atoms with Crippen LogP contribution in [0.3, 0.4) is 0 Å². The highest BCUT2D eigenvalue weighted by molar-refractivity contribution is 5.70. The fourth-order valence-electron chi connectivity index (χ4n) is 4.04. The molecule has 1 aliphatic rings. The molecule has 32 heavy (non-hydrogen) atoms. The van der Waals surface area contributed by atoms with Crippen molar-refractivity contribution in [2.45, 2.75) is 46.2 Å². The Kier molecular flexibility index (Phi) is 5.85. The minimum Gasteiger partial charge on any atom is -0.493 e. The molecule has 4 rings (SSSR count). The van der Waals surface area contributed by atoms with Gasteiger partial charge in [-0.05, 0) is 51.1 Å². The maximum absolute atomic E-state index is 12.7. The molecule has 0 saturated carbocycles. The highest BCUT2D eigenvalue weighted by Crippen LogP contribution is 2.38. The molecule has 0 bridgehead atoms. The zero-order chi connectivity index (χ0) is 23.0. The summed E-state index contributed by atoms with van der Waals surface area (Å²) in [5.41, 5.74) is 5.18. The Morgan fingerprint density at radius 3 is 2.41 bits per heavy atom. The average molecular weight is 447 g/mol. The molecule has 0 radical (unpaired) electrons. The van der Waals surface area contributed by atoms with Crippen LogP contribution < -0.4 is 9.47 Å². The number of benzene rings is 1. The van der Waals surface area contributed by atoms with Crippen LogP contribution >= 0.6 is 0 Å². The number of hydrogen-bond acceptors (Lipinski definition) is 5. The predicted molar refractivity (Wildman–Crippen MR) is 113 cm³/mol. The summed E-state index contributed by atoms with van der Waals surface area (Å²) in [6.07, 6.45) is -4.18. The molecule has 0 fully saturated rings. The van der Waals surface area contributed by atoms with Crippen molar-refractivity contribution < 1.29 is 27.4 Å². The number of hydrogen-bond donors (Lipinski definition) is 0. The molecule has 0 amide bonds. The van der Waals surface area contributed by atoms with Gasteiger partial charge in [0.2, 0.25) is 0 Å². The van der Waals surface area contributed by atoms with E-state index in [0.717, 1.165) is 28.3 Å². The van der Waals surface area contributed by atoms with E-state index in [9.17, 15) is 13.2 Å². The second kappa shape index (κ2) is 8.46. The lowest BCUT2D eigenvalue weighted by Gasteiger charge is -2.15. The Morgan fingerprint density at radius 1 is 1.03 bits per heavy atom. The third-order valence-corrected chi connectivity index (χ3v) is 5.26. The van der Waals surface area contributed by atoms with E-state index in [-0.39, 0.29) is 11.9 Å². The average Bonchev–Trinajstić information content (AvgIpc) is 2.93. The quantitative estimate of drug-likeness (QED) is 0.557. The Morgan fingerprint density at radius 2 is 1.75 bits per heavy atom. The first-order chi connectivity index (χ1) is 15.1. The fraction of sp³-hybridized carbons (Fsp3) is 0.391. The maximum Gasteiger partial charge on any atom is 0.573 e. The second-order valence-corrected chi connectivity index (χ2v) is 7.82. The van der Waals surface area contributed by atoms with Crippen molar-refractivity contribution in [3.8, 4) is 34.1 Å². The summed E-state index contributed by atoms with van der Waals surface area (Å²) in [5, 5.41) is 0. The molecule has 9 heteroatoms. The number of fused-ring (bicyclic) bond motifs is 1. The number of methoxy groups -OCH3 is 1. The van der Waals surface area contributed by atoms with Gasteiger partial charge in [0.15, 0.2) is 11.5 Å². The molecule has 6 nitrogen and oxygen atoms in total. The molecule has 2 aromatic heterocycles. The van der Waals surface area contributed by atoms with Crippen LogP contribution in [0.4, 0.5) is 13.2 Å². The molecular formula is C23H24F3N3O3. The zero-order valence-electron chi connectivity index (χ0n) is 18.3. The number of rotatable bonds is 4. The van der Waals surface area contributed by atoms with Crippen LogP contribution in [-0.2, 0) is 17.7 Å². The summed E-state index contributed by atoms with van der Waals surface area (Å²) in [7, 11) is 1.30. The SMILES string of the molecule is COc1cc(-c2nc(-c3cc(C)nc(C)c3)c3n2CC(C)OCC3)ccc1OC(F)(F)F. The van der Waals surface area contributed by atoms with E-state index >= 15 is 0 Å². The van der Waals surface area contributed by atoms with Crippen molar-refractivity contribution in [2.75, 3.05) is 13.7 Å². The lowest BCUT2D eigenvalue weighted by atomic mass is 10.1. The van der Waals surface area contributed by atoms with Crippen LogP contribution in [0.25, 0.3) is 22.6 Å². The number of ether oxygens (including phenoxy) is 3. The van der Waals surface area contributed by atoms with Crippen LogP contribution in [0, 0.1) is 13.8 Å². The van der Waals surface area contributed by atoms with Crippen molar-refractivity contribution in [1.82, 2.24) is 14.5 Å². The van der Waals surface area contributed by atoms with Crippen LogP contribution in [0.2, 0.25) is 0 Å². The van der Waals surface area contributed by atoms with Crippen molar-refractivity contribution in [3.05, 3.63) is 47.4 Å². The Bertz CT molecular complexity index is 1120. The van der Waals surface area contributed by atoms with Gasteiger partial charge in [-0.2, -0.15) is 0 Å². The van der Waals surface area contributed by atoms with Crippen LogP contribution in [0.5, 0.6) is 11.5 Å². The van der Waals surface area contributed by atoms with Gasteiger partial charge in [0, 0.05) is 34.6 Å². The molecule has 1 unspecified atom stereocenters. The number of imidazole rings is 1. The van der Waals surface area contributed by atoms with E-state index in [0.29, 0.717) is 31.0 Å². The standard InChI is InChI=1S/C23H24F3N3O3/c1-13-9-17(10-14(2)27-13)21-18-7-8-31-15(3)12-29(18)22(28-21)16-5-6-19(20(11-16)30-4)32-23(24,25)26/h5-6,9-11,15H,7-8,12H2,1-4H3. The van der Waals surface area contributed by atoms with Gasteiger partial charge in [-0.1, -0.05) is 0 Å². The highest BCUT2D eigenvalue weighted by Gasteiger charge is 2.33. The summed E-state index contributed by atoms with van der Waals surface area (Å²) < 4.78 is 55.4. The lowest BCUT2D eigenvalue weighted by molar-refractivity contribution is -0.275.